The summed E-state index contributed by atoms with van der Waals surface area (Å²) in [5.74, 6) is 1.30. The maximum Gasteiger partial charge on any atom is 0.227 e. The molecule has 4 nitrogen and oxygen atoms in total. The predicted octanol–water partition coefficient (Wildman–Crippen LogP) is 3.00. The lowest BCUT2D eigenvalue weighted by atomic mass is 9.88. The van der Waals surface area contributed by atoms with Crippen LogP contribution in [-0.4, -0.2) is 25.6 Å². The molecule has 0 saturated carbocycles. The van der Waals surface area contributed by atoms with Crippen molar-refractivity contribution in [2.75, 3.05) is 25.0 Å². The quantitative estimate of drug-likeness (QED) is 0.849. The summed E-state index contributed by atoms with van der Waals surface area (Å²) in [6, 6.07) is 5.88. The smallest absolute Gasteiger partial charge is 0.227 e. The molecular formula is C16H25ClN2O2. The van der Waals surface area contributed by atoms with Crippen LogP contribution in [-0.2, 0) is 4.79 Å². The number of benzene rings is 1. The van der Waals surface area contributed by atoms with E-state index in [4.69, 9.17) is 4.74 Å². The van der Waals surface area contributed by atoms with Crippen LogP contribution in [0.4, 0.5) is 5.69 Å². The molecule has 1 aromatic rings. The van der Waals surface area contributed by atoms with E-state index in [0.29, 0.717) is 12.5 Å². The first kappa shape index (κ1) is 17.8. The maximum absolute atomic E-state index is 12.3. The molecule has 0 radical (unpaired) electrons. The Morgan fingerprint density at radius 3 is 2.76 bits per heavy atom. The highest BCUT2D eigenvalue weighted by molar-refractivity contribution is 5.94. The first-order valence-electron chi connectivity index (χ1n) is 7.37. The molecule has 2 rings (SSSR count). The predicted molar refractivity (Wildman–Crippen MR) is 88.4 cm³/mol. The first-order chi connectivity index (χ1) is 9.61. The van der Waals surface area contributed by atoms with Crippen LogP contribution in [0.2, 0.25) is 0 Å². The van der Waals surface area contributed by atoms with Crippen molar-refractivity contribution >= 4 is 24.0 Å². The number of anilines is 1. The minimum atomic E-state index is 0. The molecule has 1 saturated heterocycles. The summed E-state index contributed by atoms with van der Waals surface area (Å²) in [5.41, 5.74) is 1.90. The summed E-state index contributed by atoms with van der Waals surface area (Å²) >= 11 is 0. The standard InChI is InChI=1S/C16H24N2O2.ClH/c1-4-7-20-15-8-11(2)5-6-14(15)18-16(19)12(3)13-9-17-10-13;/h5-6,8,12-13,17H,4,7,9-10H2,1-3H3,(H,18,19);1H. The molecule has 0 spiro atoms. The number of rotatable bonds is 6. The molecule has 1 atom stereocenters. The third-order valence-corrected chi connectivity index (χ3v) is 3.79. The van der Waals surface area contributed by atoms with Gasteiger partial charge in [-0.2, -0.15) is 0 Å². The number of carbonyl (C=O) groups excluding carboxylic acids is 1. The Morgan fingerprint density at radius 2 is 2.19 bits per heavy atom. The zero-order valence-corrected chi connectivity index (χ0v) is 13.8. The molecule has 118 valence electrons. The van der Waals surface area contributed by atoms with Crippen molar-refractivity contribution in [1.29, 1.82) is 0 Å². The van der Waals surface area contributed by atoms with Crippen LogP contribution >= 0.6 is 12.4 Å². The van der Waals surface area contributed by atoms with Gasteiger partial charge < -0.3 is 15.4 Å². The Bertz CT molecular complexity index is 475. The number of amides is 1. The summed E-state index contributed by atoms with van der Waals surface area (Å²) < 4.78 is 5.72. The van der Waals surface area contributed by atoms with Crippen LogP contribution < -0.4 is 15.4 Å². The zero-order valence-electron chi connectivity index (χ0n) is 12.9. The van der Waals surface area contributed by atoms with Crippen molar-refractivity contribution in [3.05, 3.63) is 23.8 Å². The zero-order chi connectivity index (χ0) is 14.5. The molecule has 2 N–H and O–H groups in total. The van der Waals surface area contributed by atoms with E-state index in [9.17, 15) is 4.79 Å². The highest BCUT2D eigenvalue weighted by Gasteiger charge is 2.29. The van der Waals surface area contributed by atoms with Crippen LogP contribution in [0.1, 0.15) is 25.8 Å². The van der Waals surface area contributed by atoms with Gasteiger partial charge in [0.2, 0.25) is 5.91 Å². The van der Waals surface area contributed by atoms with Gasteiger partial charge >= 0.3 is 0 Å². The first-order valence-corrected chi connectivity index (χ1v) is 7.37. The summed E-state index contributed by atoms with van der Waals surface area (Å²) in [6.07, 6.45) is 0.950. The lowest BCUT2D eigenvalue weighted by Gasteiger charge is -2.31. The van der Waals surface area contributed by atoms with Crippen LogP contribution in [0.3, 0.4) is 0 Å². The van der Waals surface area contributed by atoms with E-state index in [2.05, 4.69) is 17.6 Å². The third kappa shape index (κ3) is 4.61. The average molecular weight is 313 g/mol. The Balaban J connectivity index is 0.00000220. The van der Waals surface area contributed by atoms with Gasteiger partial charge in [0.1, 0.15) is 5.75 Å². The van der Waals surface area contributed by atoms with Crippen molar-refractivity contribution in [2.45, 2.75) is 27.2 Å². The second-order valence-electron chi connectivity index (χ2n) is 5.54. The lowest BCUT2D eigenvalue weighted by Crippen LogP contribution is -2.48. The number of halogens is 1. The largest absolute Gasteiger partial charge is 0.491 e. The molecule has 0 aromatic heterocycles. The fourth-order valence-electron chi connectivity index (χ4n) is 2.19. The normalized spacial score (nSPS) is 15.6. The molecule has 1 heterocycles. The van der Waals surface area contributed by atoms with E-state index in [-0.39, 0.29) is 24.2 Å². The summed E-state index contributed by atoms with van der Waals surface area (Å²) in [4.78, 5) is 12.3. The molecule has 5 heteroatoms. The Labute approximate surface area is 133 Å². The monoisotopic (exact) mass is 312 g/mol. The van der Waals surface area contributed by atoms with E-state index in [1.807, 2.05) is 32.0 Å². The molecule has 1 fully saturated rings. The van der Waals surface area contributed by atoms with Crippen molar-refractivity contribution in [2.24, 2.45) is 11.8 Å². The van der Waals surface area contributed by atoms with Crippen molar-refractivity contribution < 1.29 is 9.53 Å². The fourth-order valence-corrected chi connectivity index (χ4v) is 2.19. The van der Waals surface area contributed by atoms with Crippen molar-refractivity contribution in [3.63, 3.8) is 0 Å². The molecule has 21 heavy (non-hydrogen) atoms. The number of hydrogen-bond donors (Lipinski definition) is 2. The number of nitrogens with one attached hydrogen (secondary N) is 2. The van der Waals surface area contributed by atoms with Gasteiger partial charge in [0.25, 0.3) is 0 Å². The summed E-state index contributed by atoms with van der Waals surface area (Å²) in [6.45, 7) is 8.60. The van der Waals surface area contributed by atoms with Gasteiger partial charge in [-0.1, -0.05) is 19.9 Å². The second kappa shape index (κ2) is 8.25. The minimum absolute atomic E-state index is 0. The minimum Gasteiger partial charge on any atom is -0.491 e. The SMILES string of the molecule is CCCOc1cc(C)ccc1NC(=O)C(C)C1CNC1.Cl. The van der Waals surface area contributed by atoms with Gasteiger partial charge in [-0.05, 0) is 50.0 Å². The van der Waals surface area contributed by atoms with Gasteiger partial charge in [0, 0.05) is 5.92 Å². The molecule has 0 bridgehead atoms. The Kier molecular flexibility index (Phi) is 6.99. The van der Waals surface area contributed by atoms with Gasteiger partial charge in [-0.25, -0.2) is 0 Å². The molecule has 0 aliphatic carbocycles. The van der Waals surface area contributed by atoms with Crippen molar-refractivity contribution in [3.8, 4) is 5.75 Å². The summed E-state index contributed by atoms with van der Waals surface area (Å²) in [5, 5.41) is 6.21. The summed E-state index contributed by atoms with van der Waals surface area (Å²) in [7, 11) is 0. The highest BCUT2D eigenvalue weighted by atomic mass is 35.5. The highest BCUT2D eigenvalue weighted by Crippen LogP contribution is 2.27. The maximum atomic E-state index is 12.3. The number of hydrogen-bond acceptors (Lipinski definition) is 3. The van der Waals surface area contributed by atoms with E-state index in [0.717, 1.165) is 36.5 Å². The van der Waals surface area contributed by atoms with E-state index in [1.54, 1.807) is 0 Å². The Morgan fingerprint density at radius 1 is 1.48 bits per heavy atom. The molecule has 1 aliphatic heterocycles. The molecular weight excluding hydrogens is 288 g/mol. The van der Waals surface area contributed by atoms with Gasteiger partial charge in [0.05, 0.1) is 12.3 Å². The molecule has 1 aromatic carbocycles. The van der Waals surface area contributed by atoms with Crippen LogP contribution in [0, 0.1) is 18.8 Å². The van der Waals surface area contributed by atoms with Crippen molar-refractivity contribution in [1.82, 2.24) is 5.32 Å². The number of carbonyl (C=O) groups is 1. The van der Waals surface area contributed by atoms with Crippen LogP contribution in [0.25, 0.3) is 0 Å². The van der Waals surface area contributed by atoms with Gasteiger partial charge in [0.15, 0.2) is 0 Å². The van der Waals surface area contributed by atoms with Gasteiger partial charge in [-0.3, -0.25) is 4.79 Å². The molecule has 1 unspecified atom stereocenters. The molecule has 1 amide bonds. The number of aryl methyl sites for hydroxylation is 1. The third-order valence-electron chi connectivity index (χ3n) is 3.79. The number of ether oxygens (including phenoxy) is 1. The van der Waals surface area contributed by atoms with E-state index < -0.39 is 0 Å². The average Bonchev–Trinajstić information content (AvgIpc) is 2.36. The molecule has 1 aliphatic rings. The van der Waals surface area contributed by atoms with E-state index >= 15 is 0 Å². The topological polar surface area (TPSA) is 50.4 Å². The van der Waals surface area contributed by atoms with Gasteiger partial charge in [-0.15, -0.1) is 12.4 Å². The van der Waals surface area contributed by atoms with Crippen LogP contribution in [0.15, 0.2) is 18.2 Å². The Hall–Kier alpha value is -1.26. The fraction of sp³-hybridized carbons (Fsp3) is 0.562. The van der Waals surface area contributed by atoms with Crippen LogP contribution in [0.5, 0.6) is 5.75 Å². The second-order valence-corrected chi connectivity index (χ2v) is 5.54. The van der Waals surface area contributed by atoms with E-state index in [1.165, 1.54) is 0 Å². The lowest BCUT2D eigenvalue weighted by molar-refractivity contribution is -0.121.